The molecule has 3 unspecified atom stereocenters. The van der Waals surface area contributed by atoms with Crippen LogP contribution >= 0.6 is 0 Å². The van der Waals surface area contributed by atoms with Gasteiger partial charge in [0.2, 0.25) is 5.91 Å². The number of nitrogens with zero attached hydrogens (tertiary/aromatic N) is 1. The fourth-order valence-corrected chi connectivity index (χ4v) is 3.11. The van der Waals surface area contributed by atoms with Gasteiger partial charge in [0.25, 0.3) is 0 Å². The number of carbonyl (C=O) groups is 1. The van der Waals surface area contributed by atoms with Crippen LogP contribution in [0.1, 0.15) is 30.5 Å². The second kappa shape index (κ2) is 7.53. The molecule has 0 aliphatic heterocycles. The minimum Gasteiger partial charge on any atom is -0.396 e. The van der Waals surface area contributed by atoms with Crippen molar-refractivity contribution in [3.63, 3.8) is 0 Å². The Bertz CT molecular complexity index is 577. The molecule has 0 saturated carbocycles. The first kappa shape index (κ1) is 18.7. The largest absolute Gasteiger partial charge is 0.401 e. The monoisotopic (exact) mass is 344 g/mol. The molecule has 0 spiro atoms. The van der Waals surface area contributed by atoms with Crippen LogP contribution in [0.25, 0.3) is 0 Å². The molecule has 1 aliphatic rings. The molecule has 1 aromatic rings. The maximum absolute atomic E-state index is 12.5. The number of nitrogens with one attached hydrogen (secondary N) is 1. The molecule has 0 fully saturated rings. The highest BCUT2D eigenvalue weighted by Crippen LogP contribution is 2.34. The molecule has 7 heteroatoms. The zero-order valence-corrected chi connectivity index (χ0v) is 13.8. The molecular formula is C17H23F3N2O2. The minimum atomic E-state index is -4.35. The van der Waals surface area contributed by atoms with Crippen LogP contribution in [0.4, 0.5) is 13.2 Å². The molecular weight excluding hydrogens is 321 g/mol. The summed E-state index contributed by atoms with van der Waals surface area (Å²) in [6, 6.07) is 6.34. The number of amides is 1. The van der Waals surface area contributed by atoms with Gasteiger partial charge in [-0.2, -0.15) is 13.2 Å². The zero-order chi connectivity index (χ0) is 17.9. The van der Waals surface area contributed by atoms with Crippen molar-refractivity contribution in [1.29, 1.82) is 0 Å². The van der Waals surface area contributed by atoms with Crippen molar-refractivity contribution in [1.82, 2.24) is 10.2 Å². The molecule has 1 aliphatic carbocycles. The lowest BCUT2D eigenvalue weighted by Gasteiger charge is -2.35. The van der Waals surface area contributed by atoms with Crippen molar-refractivity contribution in [3.05, 3.63) is 35.4 Å². The van der Waals surface area contributed by atoms with Gasteiger partial charge < -0.3 is 10.4 Å². The van der Waals surface area contributed by atoms with E-state index < -0.39 is 24.7 Å². The Labute approximate surface area is 139 Å². The zero-order valence-electron chi connectivity index (χ0n) is 13.8. The van der Waals surface area contributed by atoms with Crippen molar-refractivity contribution in [3.8, 4) is 0 Å². The summed E-state index contributed by atoms with van der Waals surface area (Å²) in [6.45, 7) is 0.224. The summed E-state index contributed by atoms with van der Waals surface area (Å²) in [5, 5.41) is 12.4. The van der Waals surface area contributed by atoms with Crippen LogP contribution in [0.2, 0.25) is 0 Å². The maximum Gasteiger partial charge on any atom is 0.401 e. The number of carbonyl (C=O) groups excluding carboxylic acids is 1. The lowest BCUT2D eigenvalue weighted by molar-refractivity contribution is -0.151. The van der Waals surface area contributed by atoms with Crippen LogP contribution < -0.4 is 5.32 Å². The molecule has 2 rings (SSSR count). The SMILES string of the molecule is CC(C(=O)NC1c2ccccc2CCC1CO)N(C)CC(F)(F)F. The predicted molar refractivity (Wildman–Crippen MR) is 84.4 cm³/mol. The molecule has 0 saturated heterocycles. The summed E-state index contributed by atoms with van der Waals surface area (Å²) in [7, 11) is 1.27. The summed E-state index contributed by atoms with van der Waals surface area (Å²) in [6.07, 6.45) is -2.81. The lowest BCUT2D eigenvalue weighted by Crippen LogP contribution is -2.49. The first-order valence-corrected chi connectivity index (χ1v) is 7.99. The molecule has 1 amide bonds. The summed E-state index contributed by atoms with van der Waals surface area (Å²) >= 11 is 0. The van der Waals surface area contributed by atoms with Crippen LogP contribution in [-0.2, 0) is 11.2 Å². The van der Waals surface area contributed by atoms with Crippen LogP contribution in [0, 0.1) is 5.92 Å². The van der Waals surface area contributed by atoms with E-state index in [1.807, 2.05) is 24.3 Å². The topological polar surface area (TPSA) is 52.6 Å². The van der Waals surface area contributed by atoms with Crippen molar-refractivity contribution >= 4 is 5.91 Å². The number of halogens is 3. The van der Waals surface area contributed by atoms with Crippen LogP contribution in [0.5, 0.6) is 0 Å². The lowest BCUT2D eigenvalue weighted by atomic mass is 9.80. The molecule has 1 aromatic carbocycles. The Balaban J connectivity index is 2.11. The molecule has 3 atom stereocenters. The number of aryl methyl sites for hydroxylation is 1. The average Bonchev–Trinajstić information content (AvgIpc) is 2.52. The molecule has 0 aromatic heterocycles. The smallest absolute Gasteiger partial charge is 0.396 e. The van der Waals surface area contributed by atoms with E-state index in [1.54, 1.807) is 0 Å². The van der Waals surface area contributed by atoms with Gasteiger partial charge >= 0.3 is 6.18 Å². The fourth-order valence-electron chi connectivity index (χ4n) is 3.11. The van der Waals surface area contributed by atoms with Gasteiger partial charge in [-0.1, -0.05) is 24.3 Å². The van der Waals surface area contributed by atoms with E-state index in [-0.39, 0.29) is 18.6 Å². The predicted octanol–water partition coefficient (Wildman–Crippen LogP) is 2.28. The summed E-state index contributed by atoms with van der Waals surface area (Å²) in [4.78, 5) is 13.4. The first-order valence-electron chi connectivity index (χ1n) is 7.99. The average molecular weight is 344 g/mol. The third-order valence-electron chi connectivity index (χ3n) is 4.65. The Kier molecular flexibility index (Phi) is 5.87. The number of benzene rings is 1. The molecule has 0 radical (unpaired) electrons. The van der Waals surface area contributed by atoms with E-state index in [1.165, 1.54) is 14.0 Å². The van der Waals surface area contributed by atoms with Crippen LogP contribution in [-0.4, -0.2) is 48.3 Å². The number of aliphatic hydroxyl groups is 1. The van der Waals surface area contributed by atoms with Crippen molar-refractivity contribution in [2.24, 2.45) is 5.92 Å². The van der Waals surface area contributed by atoms with Gasteiger partial charge in [0.1, 0.15) is 0 Å². The van der Waals surface area contributed by atoms with E-state index >= 15 is 0 Å². The van der Waals surface area contributed by atoms with Crippen molar-refractivity contribution < 1.29 is 23.1 Å². The standard InChI is InChI=1S/C17H23F3N2O2/c1-11(22(2)10-17(18,19)20)16(24)21-15-13(9-23)8-7-12-5-3-4-6-14(12)15/h3-6,11,13,15,23H,7-10H2,1-2H3,(H,21,24). The number of hydrogen-bond acceptors (Lipinski definition) is 3. The Morgan fingerprint density at radius 1 is 1.42 bits per heavy atom. The van der Waals surface area contributed by atoms with E-state index in [0.29, 0.717) is 0 Å². The van der Waals surface area contributed by atoms with E-state index in [4.69, 9.17) is 0 Å². The third kappa shape index (κ3) is 4.48. The minimum absolute atomic E-state index is 0.0773. The summed E-state index contributed by atoms with van der Waals surface area (Å²) in [5.74, 6) is -0.606. The molecule has 134 valence electrons. The van der Waals surface area contributed by atoms with E-state index in [0.717, 1.165) is 28.9 Å². The van der Waals surface area contributed by atoms with Crippen molar-refractivity contribution in [2.75, 3.05) is 20.2 Å². The highest BCUT2D eigenvalue weighted by atomic mass is 19.4. The molecule has 0 heterocycles. The van der Waals surface area contributed by atoms with Gasteiger partial charge in [0, 0.05) is 12.5 Å². The molecule has 0 bridgehead atoms. The Hall–Kier alpha value is -1.60. The third-order valence-corrected chi connectivity index (χ3v) is 4.65. The highest BCUT2D eigenvalue weighted by Gasteiger charge is 2.35. The van der Waals surface area contributed by atoms with Crippen LogP contribution in [0.3, 0.4) is 0 Å². The van der Waals surface area contributed by atoms with E-state index in [9.17, 15) is 23.1 Å². The van der Waals surface area contributed by atoms with Gasteiger partial charge in [-0.25, -0.2) is 0 Å². The molecule has 24 heavy (non-hydrogen) atoms. The Morgan fingerprint density at radius 2 is 2.08 bits per heavy atom. The maximum atomic E-state index is 12.5. The van der Waals surface area contributed by atoms with Gasteiger partial charge in [-0.3, -0.25) is 9.69 Å². The number of fused-ring (bicyclic) bond motifs is 1. The molecule has 2 N–H and O–H groups in total. The van der Waals surface area contributed by atoms with Gasteiger partial charge in [0.15, 0.2) is 0 Å². The number of aliphatic hydroxyl groups excluding tert-OH is 1. The fraction of sp³-hybridized carbons (Fsp3) is 0.588. The van der Waals surface area contributed by atoms with Gasteiger partial charge in [-0.05, 0) is 37.9 Å². The second-order valence-corrected chi connectivity index (χ2v) is 6.37. The summed E-state index contributed by atoms with van der Waals surface area (Å²) in [5.41, 5.74) is 2.03. The van der Waals surface area contributed by atoms with Gasteiger partial charge in [-0.15, -0.1) is 0 Å². The number of rotatable bonds is 5. The normalized spacial score (nSPS) is 22.1. The number of alkyl halides is 3. The van der Waals surface area contributed by atoms with Crippen molar-refractivity contribution in [2.45, 2.75) is 38.0 Å². The van der Waals surface area contributed by atoms with E-state index in [2.05, 4.69) is 5.32 Å². The second-order valence-electron chi connectivity index (χ2n) is 6.37. The number of hydrogen-bond donors (Lipinski definition) is 2. The van der Waals surface area contributed by atoms with Crippen LogP contribution in [0.15, 0.2) is 24.3 Å². The highest BCUT2D eigenvalue weighted by molar-refractivity contribution is 5.81. The van der Waals surface area contributed by atoms with Gasteiger partial charge in [0.05, 0.1) is 18.6 Å². The summed E-state index contributed by atoms with van der Waals surface area (Å²) < 4.78 is 37.5. The first-order chi connectivity index (χ1) is 11.2. The number of likely N-dealkylation sites (N-methyl/N-ethyl adjacent to an activating group) is 1. The molecule has 4 nitrogen and oxygen atoms in total. The Morgan fingerprint density at radius 3 is 2.71 bits per heavy atom. The quantitative estimate of drug-likeness (QED) is 0.862.